The van der Waals surface area contributed by atoms with Crippen molar-refractivity contribution in [3.8, 4) is 28.5 Å². The molecule has 0 saturated heterocycles. The van der Waals surface area contributed by atoms with E-state index in [0.29, 0.717) is 0 Å². The van der Waals surface area contributed by atoms with Crippen molar-refractivity contribution in [3.63, 3.8) is 0 Å². The Balaban J connectivity index is 1.42. The molecule has 1 aliphatic carbocycles. The van der Waals surface area contributed by atoms with Gasteiger partial charge in [0, 0.05) is 52.2 Å². The minimum atomic E-state index is -0.465. The van der Waals surface area contributed by atoms with Crippen LogP contribution in [0.3, 0.4) is 0 Å². The van der Waals surface area contributed by atoms with Crippen LogP contribution >= 0.6 is 0 Å². The summed E-state index contributed by atoms with van der Waals surface area (Å²) >= 11 is 0. The van der Waals surface area contributed by atoms with Gasteiger partial charge in [-0.1, -0.05) is 66.8 Å². The lowest BCUT2D eigenvalue weighted by Gasteiger charge is -2.50. The zero-order valence-corrected chi connectivity index (χ0v) is 20.6. The summed E-state index contributed by atoms with van der Waals surface area (Å²) in [6.07, 6.45) is 15.5. The van der Waals surface area contributed by atoms with Gasteiger partial charge in [-0.2, -0.15) is 5.10 Å². The zero-order valence-electron chi connectivity index (χ0n) is 20.6. The third-order valence-electron chi connectivity index (χ3n) is 8.14. The zero-order chi connectivity index (χ0) is 25.1. The summed E-state index contributed by atoms with van der Waals surface area (Å²) in [5, 5.41) is 10.7. The maximum Gasteiger partial charge on any atom is 0.132 e. The monoisotopic (exact) mass is 495 g/mol. The first-order valence-corrected chi connectivity index (χ1v) is 13.0. The van der Waals surface area contributed by atoms with Gasteiger partial charge >= 0.3 is 0 Å². The molecule has 4 heterocycles. The number of benzene rings is 3. The highest BCUT2D eigenvalue weighted by Crippen LogP contribution is 2.62. The van der Waals surface area contributed by atoms with Crippen molar-refractivity contribution in [1.29, 1.82) is 0 Å². The van der Waals surface area contributed by atoms with Crippen molar-refractivity contribution in [3.05, 3.63) is 137 Å². The van der Waals surface area contributed by atoms with E-state index >= 15 is 0 Å². The molecule has 0 bridgehead atoms. The average Bonchev–Trinajstić information content (AvgIpc) is 3.52. The van der Waals surface area contributed by atoms with Crippen molar-refractivity contribution in [2.24, 2.45) is 5.92 Å². The van der Waals surface area contributed by atoms with E-state index < -0.39 is 5.41 Å². The van der Waals surface area contributed by atoms with E-state index in [2.05, 4.69) is 113 Å². The van der Waals surface area contributed by atoms with Gasteiger partial charge in [0.15, 0.2) is 0 Å². The third-order valence-corrected chi connectivity index (χ3v) is 8.14. The summed E-state index contributed by atoms with van der Waals surface area (Å²) in [7, 11) is 0. The highest BCUT2D eigenvalue weighted by molar-refractivity contribution is 5.75. The smallest absolute Gasteiger partial charge is 0.132 e. The lowest BCUT2D eigenvalue weighted by molar-refractivity contribution is 0.237. The van der Waals surface area contributed by atoms with E-state index in [1.165, 1.54) is 5.56 Å². The van der Waals surface area contributed by atoms with Gasteiger partial charge in [-0.25, -0.2) is 0 Å². The normalized spacial score (nSPS) is 22.1. The van der Waals surface area contributed by atoms with Crippen LogP contribution in [0.4, 0.5) is 0 Å². The molecule has 4 aromatic rings. The number of aromatic nitrogens is 2. The summed E-state index contributed by atoms with van der Waals surface area (Å²) in [5.41, 5.74) is 7.24. The Morgan fingerprint density at radius 1 is 0.763 bits per heavy atom. The predicted octanol–water partition coefficient (Wildman–Crippen LogP) is 6.87. The number of ether oxygens (including phenoxy) is 2. The van der Waals surface area contributed by atoms with Crippen molar-refractivity contribution >= 4 is 5.70 Å². The molecule has 4 aliphatic rings. The Kier molecular flexibility index (Phi) is 4.56. The summed E-state index contributed by atoms with van der Waals surface area (Å²) in [6.45, 7) is 0.822. The molecule has 0 fully saturated rings. The Bertz CT molecular complexity index is 1710. The van der Waals surface area contributed by atoms with Gasteiger partial charge < -0.3 is 14.8 Å². The fourth-order valence-corrected chi connectivity index (χ4v) is 6.51. The number of dihydropyridines is 1. The molecule has 38 heavy (non-hydrogen) atoms. The third kappa shape index (κ3) is 2.96. The van der Waals surface area contributed by atoms with Crippen molar-refractivity contribution in [1.82, 2.24) is 15.5 Å². The number of rotatable bonds is 2. The summed E-state index contributed by atoms with van der Waals surface area (Å²) in [6, 6.07) is 23.6. The molecular formula is C33H25N3O2. The minimum absolute atomic E-state index is 0.0996. The minimum Gasteiger partial charge on any atom is -0.461 e. The summed E-state index contributed by atoms with van der Waals surface area (Å²) in [5.74, 6) is 3.72. The Labute approximate surface area is 220 Å². The molecule has 8 rings (SSSR count). The molecule has 3 aromatic carbocycles. The van der Waals surface area contributed by atoms with Crippen molar-refractivity contribution in [2.45, 2.75) is 11.8 Å². The second-order valence-corrected chi connectivity index (χ2v) is 10.1. The number of hydrogen-bond donors (Lipinski definition) is 2. The van der Waals surface area contributed by atoms with E-state index in [0.717, 1.165) is 69.6 Å². The van der Waals surface area contributed by atoms with E-state index in [1.54, 1.807) is 6.20 Å². The highest BCUT2D eigenvalue weighted by atomic mass is 16.5. The number of allylic oxidation sites excluding steroid dienone is 6. The molecule has 5 heteroatoms. The number of para-hydroxylation sites is 1. The molecule has 0 amide bonds. The number of fused-ring (bicyclic) bond motifs is 8. The molecule has 2 N–H and O–H groups in total. The first kappa shape index (κ1) is 21.3. The second-order valence-electron chi connectivity index (χ2n) is 10.1. The number of hydrogen-bond acceptors (Lipinski definition) is 4. The van der Waals surface area contributed by atoms with Crippen LogP contribution in [0.15, 0.2) is 115 Å². The van der Waals surface area contributed by atoms with Gasteiger partial charge in [0.25, 0.3) is 0 Å². The number of aromatic amines is 1. The van der Waals surface area contributed by atoms with Gasteiger partial charge in [0.2, 0.25) is 0 Å². The first-order chi connectivity index (χ1) is 18.8. The molecule has 2 unspecified atom stereocenters. The molecule has 184 valence electrons. The number of nitrogens with zero attached hydrogens (tertiary/aromatic N) is 1. The molecule has 5 nitrogen and oxygen atoms in total. The van der Waals surface area contributed by atoms with Crippen molar-refractivity contribution in [2.75, 3.05) is 6.54 Å². The van der Waals surface area contributed by atoms with Crippen LogP contribution < -0.4 is 14.8 Å². The maximum absolute atomic E-state index is 6.66. The second kappa shape index (κ2) is 8.12. The average molecular weight is 496 g/mol. The van der Waals surface area contributed by atoms with Gasteiger partial charge in [-0.15, -0.1) is 0 Å². The van der Waals surface area contributed by atoms with E-state index in [-0.39, 0.29) is 5.92 Å². The van der Waals surface area contributed by atoms with Crippen molar-refractivity contribution < 1.29 is 9.47 Å². The SMILES string of the molecule is C1=CCNC(c2ccc3c(c2)Oc2ccccc2C32c3ccc(-c4ccn[nH]4)cc3OC3=CC=CCC32)=C1. The van der Waals surface area contributed by atoms with Gasteiger partial charge in [-0.05, 0) is 42.8 Å². The van der Waals surface area contributed by atoms with Crippen LogP contribution in [0.5, 0.6) is 17.2 Å². The molecule has 2 atom stereocenters. The first-order valence-electron chi connectivity index (χ1n) is 13.0. The topological polar surface area (TPSA) is 59.2 Å². The van der Waals surface area contributed by atoms with Crippen LogP contribution in [-0.4, -0.2) is 16.7 Å². The van der Waals surface area contributed by atoms with Crippen LogP contribution in [0, 0.1) is 5.92 Å². The lowest BCUT2D eigenvalue weighted by Crippen LogP contribution is -2.45. The van der Waals surface area contributed by atoms with Crippen LogP contribution in [0.1, 0.15) is 28.7 Å². The fraction of sp³-hybridized carbons (Fsp3) is 0.121. The number of H-pyrrole nitrogens is 1. The van der Waals surface area contributed by atoms with Gasteiger partial charge in [-0.3, -0.25) is 5.10 Å². The Hall–Kier alpha value is -4.77. The quantitative estimate of drug-likeness (QED) is 0.319. The van der Waals surface area contributed by atoms with E-state index in [1.807, 2.05) is 6.07 Å². The van der Waals surface area contributed by atoms with Crippen LogP contribution in [-0.2, 0) is 5.41 Å². The molecule has 0 radical (unpaired) electrons. The van der Waals surface area contributed by atoms with Gasteiger partial charge in [0.1, 0.15) is 23.0 Å². The molecule has 1 aromatic heterocycles. The maximum atomic E-state index is 6.66. The van der Waals surface area contributed by atoms with Crippen LogP contribution in [0.2, 0.25) is 0 Å². The fourth-order valence-electron chi connectivity index (χ4n) is 6.51. The number of nitrogens with one attached hydrogen (secondary N) is 2. The largest absolute Gasteiger partial charge is 0.461 e. The summed E-state index contributed by atoms with van der Waals surface area (Å²) in [4.78, 5) is 0. The van der Waals surface area contributed by atoms with E-state index in [9.17, 15) is 0 Å². The van der Waals surface area contributed by atoms with Crippen LogP contribution in [0.25, 0.3) is 17.0 Å². The van der Waals surface area contributed by atoms with Gasteiger partial charge in [0.05, 0.1) is 11.1 Å². The molecular weight excluding hydrogens is 470 g/mol. The lowest BCUT2D eigenvalue weighted by atomic mass is 9.57. The molecule has 1 spiro atoms. The molecule has 0 saturated carbocycles. The highest BCUT2D eigenvalue weighted by Gasteiger charge is 2.54. The molecule has 3 aliphatic heterocycles. The standard InChI is InChI=1S/C33H25N3O2/c1-3-10-29-23(7-1)33(25-14-12-21(19-31(25)37-29)27-9-5-6-17-34-27)24-8-2-4-11-30(24)38-32-20-22(13-15-26(32)33)28-16-18-35-36-28/h1-7,9-16,18-20,24,34H,8,17H2,(H,35,36). The summed E-state index contributed by atoms with van der Waals surface area (Å²) < 4.78 is 13.3. The Morgan fingerprint density at radius 3 is 2.39 bits per heavy atom. The predicted molar refractivity (Wildman–Crippen MR) is 148 cm³/mol. The van der Waals surface area contributed by atoms with E-state index in [4.69, 9.17) is 9.47 Å². The Morgan fingerprint density at radius 2 is 1.55 bits per heavy atom.